The van der Waals surface area contributed by atoms with Crippen LogP contribution in [0.3, 0.4) is 0 Å². The molecular formula is C17H13ClN2O6S. The van der Waals surface area contributed by atoms with Gasteiger partial charge in [-0.15, -0.1) is 11.3 Å². The predicted octanol–water partition coefficient (Wildman–Crippen LogP) is 3.88. The molecule has 8 nitrogen and oxygen atoms in total. The van der Waals surface area contributed by atoms with Gasteiger partial charge in [0.05, 0.1) is 16.8 Å². The zero-order valence-electron chi connectivity index (χ0n) is 14.1. The van der Waals surface area contributed by atoms with Gasteiger partial charge in [0.25, 0.3) is 0 Å². The second-order valence-electron chi connectivity index (χ2n) is 5.40. The van der Waals surface area contributed by atoms with Crippen LogP contribution in [0.15, 0.2) is 39.5 Å². The average Bonchev–Trinajstić information content (AvgIpc) is 3.03. The van der Waals surface area contributed by atoms with Crippen molar-refractivity contribution >= 4 is 55.9 Å². The van der Waals surface area contributed by atoms with Gasteiger partial charge in [-0.1, -0.05) is 11.6 Å². The molecule has 2 amide bonds. The number of amides is 2. The highest BCUT2D eigenvalue weighted by Crippen LogP contribution is 2.32. The van der Waals surface area contributed by atoms with Gasteiger partial charge in [0.2, 0.25) is 0 Å². The third kappa shape index (κ3) is 3.74. The fourth-order valence-electron chi connectivity index (χ4n) is 2.27. The van der Waals surface area contributed by atoms with Gasteiger partial charge in [-0.25, -0.2) is 14.4 Å². The van der Waals surface area contributed by atoms with Crippen LogP contribution in [-0.4, -0.2) is 31.3 Å². The second kappa shape index (κ2) is 7.29. The number of nitrogens with zero attached hydrogens (tertiary/aromatic N) is 1. The Morgan fingerprint density at radius 2 is 2.04 bits per heavy atom. The van der Waals surface area contributed by atoms with E-state index < -0.39 is 23.2 Å². The van der Waals surface area contributed by atoms with E-state index in [-0.39, 0.29) is 5.58 Å². The van der Waals surface area contributed by atoms with E-state index >= 15 is 0 Å². The zero-order valence-corrected chi connectivity index (χ0v) is 15.7. The largest absolute Gasteiger partial charge is 0.495 e. The van der Waals surface area contributed by atoms with Crippen LogP contribution in [0.25, 0.3) is 10.3 Å². The number of hydrogen-bond acceptors (Lipinski definition) is 6. The molecule has 0 unspecified atom stereocenters. The van der Waals surface area contributed by atoms with Crippen LogP contribution in [-0.2, 0) is 0 Å². The summed E-state index contributed by atoms with van der Waals surface area (Å²) < 4.78 is 10.5. The van der Waals surface area contributed by atoms with Gasteiger partial charge in [0, 0.05) is 18.8 Å². The number of fused-ring (bicyclic) bond motifs is 1. The Morgan fingerprint density at radius 3 is 2.67 bits per heavy atom. The Kier molecular flexibility index (Phi) is 5.06. The van der Waals surface area contributed by atoms with E-state index in [4.69, 9.17) is 25.9 Å². The molecule has 2 aromatic heterocycles. The first-order chi connectivity index (χ1) is 12.8. The molecule has 0 spiro atoms. The molecule has 10 heteroatoms. The average molecular weight is 409 g/mol. The summed E-state index contributed by atoms with van der Waals surface area (Å²) in [5.41, 5.74) is -0.731. The summed E-state index contributed by atoms with van der Waals surface area (Å²) in [6.45, 7) is 0. The molecule has 0 radical (unpaired) electrons. The van der Waals surface area contributed by atoms with Gasteiger partial charge in [-0.05, 0) is 24.3 Å². The summed E-state index contributed by atoms with van der Waals surface area (Å²) in [6.07, 6.45) is 0. The molecule has 0 aliphatic heterocycles. The highest BCUT2D eigenvalue weighted by atomic mass is 35.5. The van der Waals surface area contributed by atoms with E-state index in [1.165, 1.54) is 31.2 Å². The van der Waals surface area contributed by atoms with Crippen molar-refractivity contribution < 1.29 is 23.8 Å². The Morgan fingerprint density at radius 1 is 1.30 bits per heavy atom. The first kappa shape index (κ1) is 18.7. The van der Waals surface area contributed by atoms with Crippen molar-refractivity contribution in [2.45, 2.75) is 0 Å². The molecule has 3 rings (SSSR count). The molecule has 140 valence electrons. The van der Waals surface area contributed by atoms with E-state index in [2.05, 4.69) is 5.32 Å². The fraction of sp³-hybridized carbons (Fsp3) is 0.118. The molecule has 3 aromatic rings. The van der Waals surface area contributed by atoms with E-state index in [0.29, 0.717) is 26.2 Å². The van der Waals surface area contributed by atoms with Gasteiger partial charge in [0.1, 0.15) is 16.3 Å². The molecule has 0 aliphatic rings. The third-order valence-corrected chi connectivity index (χ3v) is 5.11. The number of carboxylic acid groups (broad SMARTS) is 1. The minimum absolute atomic E-state index is 0.206. The number of nitrogens with one attached hydrogen (secondary N) is 1. The lowest BCUT2D eigenvalue weighted by atomic mass is 10.3. The van der Waals surface area contributed by atoms with Crippen molar-refractivity contribution in [1.29, 1.82) is 0 Å². The minimum Gasteiger partial charge on any atom is -0.495 e. The Balaban J connectivity index is 1.85. The molecule has 0 atom stereocenters. The number of anilines is 2. The zero-order chi connectivity index (χ0) is 19.7. The summed E-state index contributed by atoms with van der Waals surface area (Å²) in [5, 5.41) is 12.5. The number of aromatic carboxylic acids is 1. The van der Waals surface area contributed by atoms with Gasteiger partial charge in [0.15, 0.2) is 5.58 Å². The van der Waals surface area contributed by atoms with E-state index in [1.54, 1.807) is 18.2 Å². The van der Waals surface area contributed by atoms with Gasteiger partial charge in [-0.2, -0.15) is 0 Å². The normalized spacial score (nSPS) is 10.6. The Hall–Kier alpha value is -3.04. The molecule has 0 aliphatic carbocycles. The number of hydrogen-bond donors (Lipinski definition) is 2. The number of benzene rings is 1. The number of halogens is 1. The number of urea groups is 1. The second-order valence-corrected chi connectivity index (χ2v) is 6.87. The molecule has 0 saturated heterocycles. The topological polar surface area (TPSA) is 109 Å². The number of rotatable bonds is 4. The van der Waals surface area contributed by atoms with Crippen molar-refractivity contribution in [3.8, 4) is 5.75 Å². The number of carboxylic acids is 1. The quantitative estimate of drug-likeness (QED) is 0.678. The van der Waals surface area contributed by atoms with Crippen LogP contribution in [0, 0.1) is 0 Å². The van der Waals surface area contributed by atoms with Crippen molar-refractivity contribution in [1.82, 2.24) is 0 Å². The lowest BCUT2D eigenvalue weighted by Gasteiger charge is -2.16. The van der Waals surface area contributed by atoms with Crippen LogP contribution in [0.1, 0.15) is 10.4 Å². The predicted molar refractivity (Wildman–Crippen MR) is 103 cm³/mol. The molecule has 0 fully saturated rings. The van der Waals surface area contributed by atoms with Crippen LogP contribution >= 0.6 is 22.9 Å². The van der Waals surface area contributed by atoms with Crippen LogP contribution in [0.4, 0.5) is 15.5 Å². The van der Waals surface area contributed by atoms with Gasteiger partial charge < -0.3 is 19.6 Å². The van der Waals surface area contributed by atoms with E-state index in [0.717, 1.165) is 11.3 Å². The molecule has 1 aromatic carbocycles. The van der Waals surface area contributed by atoms with Crippen molar-refractivity contribution in [3.05, 3.63) is 51.3 Å². The number of carbonyl (C=O) groups excluding carboxylic acids is 1. The van der Waals surface area contributed by atoms with E-state index in [9.17, 15) is 14.4 Å². The smallest absolute Gasteiger partial charge is 0.351 e. The van der Waals surface area contributed by atoms with Gasteiger partial charge in [-0.3, -0.25) is 4.90 Å². The monoisotopic (exact) mass is 408 g/mol. The maximum atomic E-state index is 12.5. The van der Waals surface area contributed by atoms with Crippen molar-refractivity contribution in [2.24, 2.45) is 0 Å². The number of ether oxygens (including phenoxy) is 1. The highest BCUT2D eigenvalue weighted by Gasteiger charge is 2.18. The maximum Gasteiger partial charge on any atom is 0.351 e. The number of methoxy groups -OCH3 is 1. The molecule has 2 heterocycles. The first-order valence-electron chi connectivity index (χ1n) is 7.49. The molecular weight excluding hydrogens is 396 g/mol. The maximum absolute atomic E-state index is 12.5. The minimum atomic E-state index is -1.37. The summed E-state index contributed by atoms with van der Waals surface area (Å²) in [4.78, 5) is 36.5. The molecule has 0 bridgehead atoms. The lowest BCUT2D eigenvalue weighted by Crippen LogP contribution is -2.30. The van der Waals surface area contributed by atoms with Gasteiger partial charge >= 0.3 is 17.6 Å². The van der Waals surface area contributed by atoms with Crippen LogP contribution in [0.5, 0.6) is 5.75 Å². The summed E-state index contributed by atoms with van der Waals surface area (Å²) >= 11 is 7.16. The third-order valence-electron chi connectivity index (χ3n) is 3.68. The number of thiophene rings is 1. The number of carbonyl (C=O) groups is 2. The molecule has 27 heavy (non-hydrogen) atoms. The Labute approximate surface area is 161 Å². The van der Waals surface area contributed by atoms with Crippen molar-refractivity contribution in [2.75, 3.05) is 24.4 Å². The lowest BCUT2D eigenvalue weighted by molar-refractivity contribution is 0.0692. The fourth-order valence-corrected chi connectivity index (χ4v) is 3.51. The standard InChI is InChI=1S/C17H13ClN2O6S/c1-20(17(24)19-8-3-4-11(25-2)10(18)5-8)14-7-12-13(27-14)6-9(15(21)22)16(23)26-12/h3-7H,1-2H3,(H,19,24)(H,21,22). The van der Waals surface area contributed by atoms with Crippen LogP contribution < -0.4 is 20.6 Å². The SMILES string of the molecule is COc1ccc(NC(=O)N(C)c2cc3oc(=O)c(C(=O)O)cc3s2)cc1Cl. The summed E-state index contributed by atoms with van der Waals surface area (Å²) in [5.74, 6) is -0.889. The first-order valence-corrected chi connectivity index (χ1v) is 8.69. The Bertz CT molecular complexity index is 1110. The van der Waals surface area contributed by atoms with Crippen molar-refractivity contribution in [3.63, 3.8) is 0 Å². The molecule has 0 saturated carbocycles. The molecule has 2 N–H and O–H groups in total. The summed E-state index contributed by atoms with van der Waals surface area (Å²) in [6, 6.07) is 7.08. The van der Waals surface area contributed by atoms with E-state index in [1.807, 2.05) is 0 Å². The summed E-state index contributed by atoms with van der Waals surface area (Å²) in [7, 11) is 3.02. The van der Waals surface area contributed by atoms with Crippen LogP contribution in [0.2, 0.25) is 5.02 Å². The highest BCUT2D eigenvalue weighted by molar-refractivity contribution is 7.22.